The Morgan fingerprint density at radius 3 is 3.11 bits per heavy atom. The molecule has 2 heterocycles. The molecule has 1 saturated carbocycles. The van der Waals surface area contributed by atoms with Crippen LogP contribution in [-0.2, 0) is 13.0 Å². The average Bonchev–Trinajstić information content (AvgIpc) is 3.13. The van der Waals surface area contributed by atoms with Gasteiger partial charge in [0.15, 0.2) is 5.69 Å². The third-order valence-corrected chi connectivity index (χ3v) is 3.93. The topological polar surface area (TPSA) is 61.0 Å². The number of hydrogen-bond acceptors (Lipinski definition) is 3. The maximum Gasteiger partial charge on any atom is 0.274 e. The molecule has 18 heavy (non-hydrogen) atoms. The minimum absolute atomic E-state index is 0.0526. The second kappa shape index (κ2) is 4.72. The van der Waals surface area contributed by atoms with E-state index < -0.39 is 0 Å². The molecule has 0 spiro atoms. The van der Waals surface area contributed by atoms with E-state index in [-0.39, 0.29) is 5.91 Å². The van der Waals surface area contributed by atoms with Crippen molar-refractivity contribution in [2.45, 2.75) is 32.2 Å². The molecule has 0 aromatic carbocycles. The number of nitrogens with zero attached hydrogens (tertiary/aromatic N) is 2. The first kappa shape index (κ1) is 11.7. The number of nitrogens with one attached hydrogen (secondary N) is 2. The lowest BCUT2D eigenvalue weighted by Gasteiger charge is -2.18. The zero-order chi connectivity index (χ0) is 12.5. The van der Waals surface area contributed by atoms with Gasteiger partial charge in [0.1, 0.15) is 0 Å². The van der Waals surface area contributed by atoms with Crippen molar-refractivity contribution in [3.63, 3.8) is 0 Å². The van der Waals surface area contributed by atoms with Crippen LogP contribution in [0.5, 0.6) is 0 Å². The van der Waals surface area contributed by atoms with Gasteiger partial charge < -0.3 is 10.2 Å². The van der Waals surface area contributed by atoms with Crippen LogP contribution in [0.25, 0.3) is 0 Å². The monoisotopic (exact) mass is 248 g/mol. The van der Waals surface area contributed by atoms with Gasteiger partial charge in [-0.25, -0.2) is 0 Å². The van der Waals surface area contributed by atoms with Gasteiger partial charge in [0.2, 0.25) is 0 Å². The summed E-state index contributed by atoms with van der Waals surface area (Å²) in [6, 6.07) is 0. The predicted octanol–water partition coefficient (Wildman–Crippen LogP) is 0.927. The van der Waals surface area contributed by atoms with Crippen molar-refractivity contribution in [2.24, 2.45) is 5.92 Å². The highest BCUT2D eigenvalue weighted by atomic mass is 16.2. The molecule has 0 atom stereocenters. The summed E-state index contributed by atoms with van der Waals surface area (Å²) >= 11 is 0. The molecule has 0 unspecified atom stereocenters. The summed E-state index contributed by atoms with van der Waals surface area (Å²) in [5.41, 5.74) is 2.78. The van der Waals surface area contributed by atoms with Crippen LogP contribution in [0.15, 0.2) is 0 Å². The van der Waals surface area contributed by atoms with Crippen LogP contribution in [-0.4, -0.2) is 41.1 Å². The largest absolute Gasteiger partial charge is 0.340 e. The number of H-pyrrole nitrogens is 1. The van der Waals surface area contributed by atoms with Crippen molar-refractivity contribution in [3.05, 3.63) is 17.0 Å². The number of fused-ring (bicyclic) bond motifs is 1. The molecule has 1 aliphatic heterocycles. The fraction of sp³-hybridized carbons (Fsp3) is 0.692. The Hall–Kier alpha value is -1.36. The summed E-state index contributed by atoms with van der Waals surface area (Å²) in [7, 11) is 1.88. The molecule has 3 rings (SSSR count). The number of rotatable bonds is 4. The van der Waals surface area contributed by atoms with Crippen LogP contribution in [0.4, 0.5) is 0 Å². The van der Waals surface area contributed by atoms with Gasteiger partial charge in [-0.05, 0) is 12.3 Å². The predicted molar refractivity (Wildman–Crippen MR) is 68.3 cm³/mol. The number of aromatic amines is 1. The molecule has 0 radical (unpaired) electrons. The van der Waals surface area contributed by atoms with Crippen molar-refractivity contribution in [2.75, 3.05) is 20.1 Å². The van der Waals surface area contributed by atoms with E-state index in [1.165, 1.54) is 12.8 Å². The maximum atomic E-state index is 12.3. The number of carbonyl (C=O) groups excluding carboxylic acids is 1. The molecule has 1 fully saturated rings. The van der Waals surface area contributed by atoms with Gasteiger partial charge in [0.05, 0.1) is 0 Å². The van der Waals surface area contributed by atoms with Crippen molar-refractivity contribution in [3.8, 4) is 0 Å². The fourth-order valence-corrected chi connectivity index (χ4v) is 2.47. The molecule has 0 bridgehead atoms. The minimum atomic E-state index is 0.0526. The lowest BCUT2D eigenvalue weighted by atomic mass is 10.1. The summed E-state index contributed by atoms with van der Waals surface area (Å²) in [6.07, 6.45) is 4.74. The number of aromatic nitrogens is 2. The zero-order valence-corrected chi connectivity index (χ0v) is 10.8. The first-order chi connectivity index (χ1) is 8.75. The van der Waals surface area contributed by atoms with Crippen molar-refractivity contribution < 1.29 is 4.79 Å². The smallest absolute Gasteiger partial charge is 0.274 e. The lowest BCUT2D eigenvalue weighted by Crippen LogP contribution is -2.31. The molecular weight excluding hydrogens is 228 g/mol. The first-order valence-corrected chi connectivity index (χ1v) is 6.78. The molecule has 5 nitrogen and oxygen atoms in total. The van der Waals surface area contributed by atoms with E-state index in [0.717, 1.165) is 49.7 Å². The van der Waals surface area contributed by atoms with Crippen molar-refractivity contribution >= 4 is 5.91 Å². The van der Waals surface area contributed by atoms with E-state index in [4.69, 9.17) is 0 Å². The Morgan fingerprint density at radius 1 is 1.50 bits per heavy atom. The maximum absolute atomic E-state index is 12.3. The second-order valence-corrected chi connectivity index (χ2v) is 5.41. The molecule has 2 aliphatic rings. The third kappa shape index (κ3) is 2.27. The number of amides is 1. The van der Waals surface area contributed by atoms with Gasteiger partial charge in [-0.2, -0.15) is 5.10 Å². The molecule has 1 amide bonds. The Balaban J connectivity index is 1.68. The van der Waals surface area contributed by atoms with Crippen LogP contribution >= 0.6 is 0 Å². The molecule has 98 valence electrons. The summed E-state index contributed by atoms with van der Waals surface area (Å²) in [6.45, 7) is 2.56. The van der Waals surface area contributed by atoms with Crippen LogP contribution in [0, 0.1) is 5.92 Å². The molecule has 0 saturated heterocycles. The van der Waals surface area contributed by atoms with E-state index in [1.807, 2.05) is 11.9 Å². The van der Waals surface area contributed by atoms with Crippen LogP contribution in [0.3, 0.4) is 0 Å². The van der Waals surface area contributed by atoms with E-state index in [2.05, 4.69) is 15.5 Å². The Labute approximate surface area is 107 Å². The first-order valence-electron chi connectivity index (χ1n) is 6.78. The van der Waals surface area contributed by atoms with Gasteiger partial charge in [0, 0.05) is 44.4 Å². The minimum Gasteiger partial charge on any atom is -0.340 e. The second-order valence-electron chi connectivity index (χ2n) is 5.41. The molecule has 2 N–H and O–H groups in total. The molecule has 1 aliphatic carbocycles. The van der Waals surface area contributed by atoms with Crippen LogP contribution in [0.2, 0.25) is 0 Å². The van der Waals surface area contributed by atoms with Crippen molar-refractivity contribution in [1.82, 2.24) is 20.4 Å². The Bertz CT molecular complexity index is 450. The average molecular weight is 248 g/mol. The summed E-state index contributed by atoms with van der Waals surface area (Å²) in [5.74, 6) is 0.909. The molecule has 5 heteroatoms. The fourth-order valence-electron chi connectivity index (χ4n) is 2.47. The van der Waals surface area contributed by atoms with Gasteiger partial charge in [-0.15, -0.1) is 0 Å². The van der Waals surface area contributed by atoms with Gasteiger partial charge in [-0.3, -0.25) is 9.89 Å². The van der Waals surface area contributed by atoms with Gasteiger partial charge >= 0.3 is 0 Å². The van der Waals surface area contributed by atoms with E-state index >= 15 is 0 Å². The number of hydrogen-bond donors (Lipinski definition) is 2. The molecule has 1 aromatic rings. The lowest BCUT2D eigenvalue weighted by molar-refractivity contribution is 0.0784. The summed E-state index contributed by atoms with van der Waals surface area (Å²) in [5, 5.41) is 10.5. The van der Waals surface area contributed by atoms with E-state index in [9.17, 15) is 4.79 Å². The quantitative estimate of drug-likeness (QED) is 0.833. The standard InChI is InChI=1S/C13H20N4O/c1-17(7-5-9-2-3-9)13(18)12-10-8-14-6-4-11(10)15-16-12/h9,14H,2-8H2,1H3,(H,15,16). The van der Waals surface area contributed by atoms with E-state index in [0.29, 0.717) is 5.69 Å². The van der Waals surface area contributed by atoms with Gasteiger partial charge in [0.25, 0.3) is 5.91 Å². The third-order valence-electron chi connectivity index (χ3n) is 3.93. The summed E-state index contributed by atoms with van der Waals surface area (Å²) in [4.78, 5) is 14.1. The molecule has 1 aromatic heterocycles. The van der Waals surface area contributed by atoms with Crippen LogP contribution < -0.4 is 5.32 Å². The molecular formula is C13H20N4O. The van der Waals surface area contributed by atoms with Crippen LogP contribution in [0.1, 0.15) is 41.0 Å². The Kier molecular flexibility index (Phi) is 3.07. The van der Waals surface area contributed by atoms with Gasteiger partial charge in [-0.1, -0.05) is 12.8 Å². The highest BCUT2D eigenvalue weighted by molar-refractivity contribution is 5.93. The SMILES string of the molecule is CN(CCC1CC1)C(=O)c1n[nH]c2c1CNCC2. The summed E-state index contributed by atoms with van der Waals surface area (Å²) < 4.78 is 0. The van der Waals surface area contributed by atoms with E-state index in [1.54, 1.807) is 0 Å². The Morgan fingerprint density at radius 2 is 2.33 bits per heavy atom. The highest BCUT2D eigenvalue weighted by Gasteiger charge is 2.26. The zero-order valence-electron chi connectivity index (χ0n) is 10.8. The van der Waals surface area contributed by atoms with Crippen molar-refractivity contribution in [1.29, 1.82) is 0 Å². The highest BCUT2D eigenvalue weighted by Crippen LogP contribution is 2.32. The number of carbonyl (C=O) groups is 1. The normalized spacial score (nSPS) is 18.5.